The summed E-state index contributed by atoms with van der Waals surface area (Å²) in [5, 5.41) is 4.40. The Hall–Kier alpha value is -2.05. The molecule has 0 radical (unpaired) electrons. The number of nitrogen functional groups attached to an aromatic ring is 1. The van der Waals surface area contributed by atoms with Gasteiger partial charge in [-0.05, 0) is 30.4 Å². The van der Waals surface area contributed by atoms with Crippen molar-refractivity contribution in [1.29, 1.82) is 0 Å². The first kappa shape index (κ1) is 13.9. The number of fused-ring (bicyclic) bond motifs is 1. The van der Waals surface area contributed by atoms with Crippen molar-refractivity contribution in [2.75, 3.05) is 5.73 Å². The molecule has 0 atom stereocenters. The fourth-order valence-corrected chi connectivity index (χ4v) is 2.80. The lowest BCUT2D eigenvalue weighted by Gasteiger charge is -2.18. The number of aryl methyl sites for hydroxylation is 1. The highest BCUT2D eigenvalue weighted by Crippen LogP contribution is 2.42. The molecule has 0 amide bonds. The van der Waals surface area contributed by atoms with E-state index in [1.54, 1.807) is 0 Å². The molecule has 0 bridgehead atoms. The van der Waals surface area contributed by atoms with Gasteiger partial charge in [0.05, 0.1) is 11.3 Å². The highest BCUT2D eigenvalue weighted by atomic mass is 19.4. The van der Waals surface area contributed by atoms with E-state index in [1.165, 1.54) is 10.7 Å². The topological polar surface area (TPSA) is 56.7 Å². The number of rotatable bonds is 1. The van der Waals surface area contributed by atoms with Crippen LogP contribution in [0, 0.1) is 0 Å². The highest BCUT2D eigenvalue weighted by Gasteiger charge is 2.36. The summed E-state index contributed by atoms with van der Waals surface area (Å²) < 4.78 is 39.1. The van der Waals surface area contributed by atoms with Crippen LogP contribution in [0.4, 0.5) is 19.0 Å². The van der Waals surface area contributed by atoms with Gasteiger partial charge in [-0.15, -0.1) is 0 Å². The van der Waals surface area contributed by atoms with Crippen molar-refractivity contribution in [2.45, 2.75) is 38.3 Å². The average Bonchev–Trinajstić information content (AvgIpc) is 2.88. The van der Waals surface area contributed by atoms with E-state index in [2.05, 4.69) is 23.9 Å². The number of aromatic nitrogens is 3. The summed E-state index contributed by atoms with van der Waals surface area (Å²) in [6, 6.07) is 2.27. The van der Waals surface area contributed by atoms with Gasteiger partial charge < -0.3 is 5.73 Å². The molecule has 0 spiro atoms. The van der Waals surface area contributed by atoms with Gasteiger partial charge in [0.1, 0.15) is 5.82 Å². The van der Waals surface area contributed by atoms with E-state index in [1.807, 2.05) is 0 Å². The van der Waals surface area contributed by atoms with E-state index in [4.69, 9.17) is 5.73 Å². The molecule has 2 aromatic heterocycles. The van der Waals surface area contributed by atoms with Crippen molar-refractivity contribution in [3.63, 3.8) is 0 Å². The first-order chi connectivity index (χ1) is 9.70. The van der Waals surface area contributed by atoms with Crippen LogP contribution in [0.1, 0.15) is 37.1 Å². The molecule has 3 rings (SSSR count). The molecular weight excluding hydrogens is 281 g/mol. The van der Waals surface area contributed by atoms with Gasteiger partial charge in [-0.2, -0.15) is 23.0 Å². The Morgan fingerprint density at radius 1 is 1.29 bits per heavy atom. The standard InChI is InChI=1S/C14H15F3N4/c1-13(2)6-5-9-11(13)12(18)21(20-9)10-4-3-8(7-19-10)14(15,16)17/h3-4,7H,5-6,18H2,1-2H3. The molecule has 112 valence electrons. The number of nitrogens with two attached hydrogens (primary N) is 1. The summed E-state index contributed by atoms with van der Waals surface area (Å²) in [6.45, 7) is 4.17. The third-order valence-electron chi connectivity index (χ3n) is 3.95. The van der Waals surface area contributed by atoms with Crippen molar-refractivity contribution in [3.05, 3.63) is 35.2 Å². The van der Waals surface area contributed by atoms with E-state index in [0.717, 1.165) is 36.4 Å². The number of nitrogens with zero attached hydrogens (tertiary/aromatic N) is 3. The first-order valence-corrected chi connectivity index (χ1v) is 6.61. The molecule has 1 aliphatic carbocycles. The number of pyridine rings is 1. The molecule has 0 unspecified atom stereocenters. The Morgan fingerprint density at radius 2 is 2.00 bits per heavy atom. The van der Waals surface area contributed by atoms with Crippen LogP contribution in [-0.2, 0) is 18.0 Å². The molecule has 7 heteroatoms. The Labute approximate surface area is 119 Å². The molecule has 2 N–H and O–H groups in total. The predicted molar refractivity (Wildman–Crippen MR) is 72.1 cm³/mol. The molecule has 0 aromatic carbocycles. The molecule has 21 heavy (non-hydrogen) atoms. The molecule has 0 aliphatic heterocycles. The van der Waals surface area contributed by atoms with Crippen LogP contribution in [0.2, 0.25) is 0 Å². The molecule has 0 saturated heterocycles. The lowest BCUT2D eigenvalue weighted by atomic mass is 9.87. The van der Waals surface area contributed by atoms with Gasteiger partial charge in [-0.1, -0.05) is 13.8 Å². The number of hydrogen-bond acceptors (Lipinski definition) is 3. The van der Waals surface area contributed by atoms with Gasteiger partial charge in [0.25, 0.3) is 0 Å². The maximum absolute atomic E-state index is 12.5. The van der Waals surface area contributed by atoms with Crippen molar-refractivity contribution in [1.82, 2.24) is 14.8 Å². The molecule has 2 heterocycles. The lowest BCUT2D eigenvalue weighted by molar-refractivity contribution is -0.137. The second kappa shape index (κ2) is 4.22. The Kier molecular flexibility index (Phi) is 2.80. The second-order valence-electron chi connectivity index (χ2n) is 5.91. The fourth-order valence-electron chi connectivity index (χ4n) is 2.80. The second-order valence-corrected chi connectivity index (χ2v) is 5.91. The largest absolute Gasteiger partial charge is 0.417 e. The number of anilines is 1. The van der Waals surface area contributed by atoms with Crippen molar-refractivity contribution in [3.8, 4) is 5.82 Å². The average molecular weight is 296 g/mol. The number of alkyl halides is 3. The Morgan fingerprint density at radius 3 is 2.52 bits per heavy atom. The number of halogens is 3. The van der Waals surface area contributed by atoms with Crippen LogP contribution in [0.15, 0.2) is 18.3 Å². The Balaban J connectivity index is 2.03. The van der Waals surface area contributed by atoms with Crippen LogP contribution in [-0.4, -0.2) is 14.8 Å². The van der Waals surface area contributed by atoms with Crippen LogP contribution in [0.25, 0.3) is 5.82 Å². The van der Waals surface area contributed by atoms with Crippen LogP contribution < -0.4 is 5.73 Å². The summed E-state index contributed by atoms with van der Waals surface area (Å²) in [6.07, 6.45) is -1.81. The monoisotopic (exact) mass is 296 g/mol. The lowest BCUT2D eigenvalue weighted by Crippen LogP contribution is -2.16. The van der Waals surface area contributed by atoms with Crippen LogP contribution in [0.5, 0.6) is 0 Å². The zero-order valence-corrected chi connectivity index (χ0v) is 11.7. The number of hydrogen-bond donors (Lipinski definition) is 1. The van der Waals surface area contributed by atoms with Crippen LogP contribution >= 0.6 is 0 Å². The minimum Gasteiger partial charge on any atom is -0.383 e. The van der Waals surface area contributed by atoms with E-state index in [-0.39, 0.29) is 5.41 Å². The molecule has 1 aliphatic rings. The van der Waals surface area contributed by atoms with E-state index in [9.17, 15) is 13.2 Å². The summed E-state index contributed by atoms with van der Waals surface area (Å²) in [5.41, 5.74) is 7.15. The zero-order chi connectivity index (χ0) is 15.4. The molecular formula is C14H15F3N4. The maximum Gasteiger partial charge on any atom is 0.417 e. The summed E-state index contributed by atoms with van der Waals surface area (Å²) >= 11 is 0. The predicted octanol–water partition coefficient (Wildman–Crippen LogP) is 3.09. The van der Waals surface area contributed by atoms with Crippen molar-refractivity contribution >= 4 is 5.82 Å². The minimum absolute atomic E-state index is 0.0659. The molecule has 0 saturated carbocycles. The van der Waals surface area contributed by atoms with Gasteiger partial charge in [-0.25, -0.2) is 4.98 Å². The van der Waals surface area contributed by atoms with Gasteiger partial charge in [0.15, 0.2) is 5.82 Å². The Bertz CT molecular complexity index is 683. The van der Waals surface area contributed by atoms with Gasteiger partial charge in [0.2, 0.25) is 0 Å². The minimum atomic E-state index is -4.40. The molecule has 4 nitrogen and oxygen atoms in total. The van der Waals surface area contributed by atoms with Crippen molar-refractivity contribution < 1.29 is 13.2 Å². The normalized spacial score (nSPS) is 17.0. The van der Waals surface area contributed by atoms with Gasteiger partial charge >= 0.3 is 6.18 Å². The van der Waals surface area contributed by atoms with Gasteiger partial charge in [0, 0.05) is 11.8 Å². The molecule has 0 fully saturated rings. The van der Waals surface area contributed by atoms with E-state index in [0.29, 0.717) is 11.6 Å². The summed E-state index contributed by atoms with van der Waals surface area (Å²) in [4.78, 5) is 3.84. The quantitative estimate of drug-likeness (QED) is 0.879. The third kappa shape index (κ3) is 2.16. The maximum atomic E-state index is 12.5. The third-order valence-corrected chi connectivity index (χ3v) is 3.95. The summed E-state index contributed by atoms with van der Waals surface area (Å²) in [5.74, 6) is 0.755. The summed E-state index contributed by atoms with van der Waals surface area (Å²) in [7, 11) is 0. The zero-order valence-electron chi connectivity index (χ0n) is 11.7. The fraction of sp³-hybridized carbons (Fsp3) is 0.429. The SMILES string of the molecule is CC1(C)CCc2nn(-c3ccc(C(F)(F)F)cn3)c(N)c21. The molecule has 2 aromatic rings. The van der Waals surface area contributed by atoms with Gasteiger partial charge in [-0.3, -0.25) is 0 Å². The first-order valence-electron chi connectivity index (χ1n) is 6.61. The van der Waals surface area contributed by atoms with E-state index >= 15 is 0 Å². The van der Waals surface area contributed by atoms with E-state index < -0.39 is 11.7 Å². The van der Waals surface area contributed by atoms with Crippen molar-refractivity contribution in [2.24, 2.45) is 0 Å². The van der Waals surface area contributed by atoms with Crippen LogP contribution in [0.3, 0.4) is 0 Å². The highest BCUT2D eigenvalue weighted by molar-refractivity contribution is 5.54. The smallest absolute Gasteiger partial charge is 0.383 e.